The Labute approximate surface area is 158 Å². The molecule has 2 fully saturated rings. The molecule has 0 bridgehead atoms. The number of nitrogens with zero attached hydrogens (tertiary/aromatic N) is 3. The average molecular weight is 367 g/mol. The van der Waals surface area contributed by atoms with Gasteiger partial charge in [0.05, 0.1) is 6.04 Å². The van der Waals surface area contributed by atoms with E-state index in [4.69, 9.17) is 0 Å². The van der Waals surface area contributed by atoms with Crippen LogP contribution in [0.25, 0.3) is 0 Å². The first kappa shape index (κ1) is 17.5. The van der Waals surface area contributed by atoms with Crippen LogP contribution in [0.3, 0.4) is 0 Å². The third-order valence-corrected chi connectivity index (χ3v) is 5.33. The Hall–Kier alpha value is -2.89. The van der Waals surface area contributed by atoms with Crippen LogP contribution >= 0.6 is 0 Å². The highest BCUT2D eigenvalue weighted by molar-refractivity contribution is 5.90. The summed E-state index contributed by atoms with van der Waals surface area (Å²) in [4.78, 5) is 31.0. The van der Waals surface area contributed by atoms with E-state index in [0.29, 0.717) is 26.1 Å². The zero-order valence-corrected chi connectivity index (χ0v) is 15.2. The third-order valence-electron chi connectivity index (χ3n) is 5.33. The number of rotatable bonds is 4. The number of piperazine rings is 1. The molecule has 2 aromatic rings. The van der Waals surface area contributed by atoms with Gasteiger partial charge in [0.1, 0.15) is 11.9 Å². The van der Waals surface area contributed by atoms with E-state index in [9.17, 15) is 14.0 Å². The molecule has 2 atom stereocenters. The Morgan fingerprint density at radius 2 is 1.74 bits per heavy atom. The number of hydrogen-bond acceptors (Lipinski definition) is 2. The molecule has 0 N–H and O–H groups in total. The van der Waals surface area contributed by atoms with E-state index in [2.05, 4.69) is 0 Å². The van der Waals surface area contributed by atoms with Crippen LogP contribution < -0.4 is 0 Å². The highest BCUT2D eigenvalue weighted by Crippen LogP contribution is 2.28. The average Bonchev–Trinajstić information content (AvgIpc) is 2.95. The van der Waals surface area contributed by atoms with E-state index in [0.717, 1.165) is 11.1 Å². The first-order valence-corrected chi connectivity index (χ1v) is 9.13. The van der Waals surface area contributed by atoms with E-state index < -0.39 is 6.04 Å². The fourth-order valence-electron chi connectivity index (χ4n) is 4.06. The van der Waals surface area contributed by atoms with Crippen LogP contribution in [0, 0.1) is 5.82 Å². The van der Waals surface area contributed by atoms with Gasteiger partial charge in [0.25, 0.3) is 0 Å². The van der Waals surface area contributed by atoms with Crippen LogP contribution in [0.5, 0.6) is 0 Å². The molecule has 140 valence electrons. The Kier molecular flexibility index (Phi) is 4.56. The second-order valence-corrected chi connectivity index (χ2v) is 7.28. The zero-order chi connectivity index (χ0) is 19.0. The van der Waals surface area contributed by atoms with Crippen LogP contribution in [0.4, 0.5) is 9.18 Å². The monoisotopic (exact) mass is 367 g/mol. The van der Waals surface area contributed by atoms with Gasteiger partial charge < -0.3 is 14.7 Å². The first-order chi connectivity index (χ1) is 13.0. The maximum atomic E-state index is 13.5. The summed E-state index contributed by atoms with van der Waals surface area (Å²) in [6.07, 6.45) is 0.500. The number of carbonyl (C=O) groups excluding carboxylic acids is 2. The molecule has 3 amide bonds. The topological polar surface area (TPSA) is 43.9 Å². The van der Waals surface area contributed by atoms with E-state index in [1.54, 1.807) is 27.8 Å². The van der Waals surface area contributed by atoms with E-state index in [1.807, 2.05) is 36.4 Å². The lowest BCUT2D eigenvalue weighted by atomic mass is 9.99. The van der Waals surface area contributed by atoms with Crippen LogP contribution in [0.2, 0.25) is 0 Å². The molecule has 0 spiro atoms. The summed E-state index contributed by atoms with van der Waals surface area (Å²) in [5, 5.41) is 0. The van der Waals surface area contributed by atoms with Crippen LogP contribution in [0.15, 0.2) is 54.6 Å². The first-order valence-electron chi connectivity index (χ1n) is 9.13. The van der Waals surface area contributed by atoms with Gasteiger partial charge in [-0.3, -0.25) is 4.79 Å². The molecule has 4 rings (SSSR count). The summed E-state index contributed by atoms with van der Waals surface area (Å²) < 4.78 is 13.5. The number of hydrogen-bond donors (Lipinski definition) is 0. The molecule has 2 aliphatic rings. The number of likely N-dealkylation sites (N-methyl/N-ethyl adjacent to an activating group) is 1. The minimum absolute atomic E-state index is 0.0314. The van der Waals surface area contributed by atoms with Crippen molar-refractivity contribution in [1.82, 2.24) is 14.7 Å². The summed E-state index contributed by atoms with van der Waals surface area (Å²) in [7, 11) is 1.79. The Morgan fingerprint density at radius 1 is 1.00 bits per heavy atom. The number of amides is 3. The highest BCUT2D eigenvalue weighted by atomic mass is 19.1. The van der Waals surface area contributed by atoms with E-state index >= 15 is 0 Å². The lowest BCUT2D eigenvalue weighted by Crippen LogP contribution is -2.60. The van der Waals surface area contributed by atoms with Gasteiger partial charge in [0, 0.05) is 33.1 Å². The summed E-state index contributed by atoms with van der Waals surface area (Å²) >= 11 is 0. The SMILES string of the molecule is CN1C[C@@H]2CN(Cc3cccc(F)c3)C(=O)N2[C@@H](Cc2ccccc2)C1=O. The standard InChI is InChI=1S/C21H22FN3O2/c1-23-13-18-14-24(12-16-8-5-9-17(22)10-16)21(27)25(18)19(20(23)26)11-15-6-3-2-4-7-15/h2-10,18-19H,11-14H2,1H3/t18-,19+/m1/s1. The van der Waals surface area contributed by atoms with Crippen LogP contribution in [-0.2, 0) is 17.8 Å². The minimum Gasteiger partial charge on any atom is -0.342 e. The zero-order valence-electron chi connectivity index (χ0n) is 15.2. The van der Waals surface area contributed by atoms with Crippen molar-refractivity contribution in [2.45, 2.75) is 25.0 Å². The van der Waals surface area contributed by atoms with Crippen molar-refractivity contribution in [3.05, 3.63) is 71.5 Å². The lowest BCUT2D eigenvalue weighted by molar-refractivity contribution is -0.139. The van der Waals surface area contributed by atoms with Gasteiger partial charge in [-0.1, -0.05) is 42.5 Å². The van der Waals surface area contributed by atoms with Gasteiger partial charge >= 0.3 is 6.03 Å². The van der Waals surface area contributed by atoms with Gasteiger partial charge in [-0.25, -0.2) is 9.18 Å². The Morgan fingerprint density at radius 3 is 2.48 bits per heavy atom. The maximum absolute atomic E-state index is 13.5. The smallest absolute Gasteiger partial charge is 0.321 e. The normalized spacial score (nSPS) is 22.4. The largest absolute Gasteiger partial charge is 0.342 e. The molecule has 2 aromatic carbocycles. The van der Waals surface area contributed by atoms with Crippen molar-refractivity contribution < 1.29 is 14.0 Å². The van der Waals surface area contributed by atoms with Crippen molar-refractivity contribution >= 4 is 11.9 Å². The molecule has 0 saturated carbocycles. The minimum atomic E-state index is -0.499. The molecule has 0 radical (unpaired) electrons. The van der Waals surface area contributed by atoms with Crippen molar-refractivity contribution in [3.8, 4) is 0 Å². The van der Waals surface area contributed by atoms with Crippen molar-refractivity contribution in [2.75, 3.05) is 20.1 Å². The number of benzene rings is 2. The third kappa shape index (κ3) is 3.39. The molecule has 0 aromatic heterocycles. The molecule has 5 nitrogen and oxygen atoms in total. The maximum Gasteiger partial charge on any atom is 0.321 e. The second-order valence-electron chi connectivity index (χ2n) is 7.28. The molecule has 27 heavy (non-hydrogen) atoms. The molecule has 2 heterocycles. The predicted molar refractivity (Wildman–Crippen MR) is 99.4 cm³/mol. The predicted octanol–water partition coefficient (Wildman–Crippen LogP) is 2.52. The van der Waals surface area contributed by atoms with Gasteiger partial charge in [-0.2, -0.15) is 0 Å². The van der Waals surface area contributed by atoms with Crippen LogP contribution in [-0.4, -0.2) is 58.9 Å². The molecule has 0 unspecified atom stereocenters. The quantitative estimate of drug-likeness (QED) is 0.834. The lowest BCUT2D eigenvalue weighted by Gasteiger charge is -2.40. The second kappa shape index (κ2) is 7.02. The number of urea groups is 1. The fraction of sp³-hybridized carbons (Fsp3) is 0.333. The Bertz CT molecular complexity index is 858. The van der Waals surface area contributed by atoms with E-state index in [-0.39, 0.29) is 23.8 Å². The number of carbonyl (C=O) groups is 2. The summed E-state index contributed by atoms with van der Waals surface area (Å²) in [6, 6.07) is 15.4. The molecule has 0 aliphatic carbocycles. The van der Waals surface area contributed by atoms with Gasteiger partial charge in [-0.05, 0) is 23.3 Å². The summed E-state index contributed by atoms with van der Waals surface area (Å²) in [5.74, 6) is -0.343. The van der Waals surface area contributed by atoms with Crippen molar-refractivity contribution in [2.24, 2.45) is 0 Å². The molecular weight excluding hydrogens is 345 g/mol. The molecule has 2 aliphatic heterocycles. The Balaban J connectivity index is 1.57. The highest BCUT2D eigenvalue weighted by Gasteiger charge is 2.48. The number of halogens is 1. The van der Waals surface area contributed by atoms with Crippen LogP contribution in [0.1, 0.15) is 11.1 Å². The van der Waals surface area contributed by atoms with Gasteiger partial charge in [-0.15, -0.1) is 0 Å². The van der Waals surface area contributed by atoms with Gasteiger partial charge in [0.15, 0.2) is 0 Å². The van der Waals surface area contributed by atoms with E-state index in [1.165, 1.54) is 12.1 Å². The van der Waals surface area contributed by atoms with Crippen molar-refractivity contribution in [3.63, 3.8) is 0 Å². The number of fused-ring (bicyclic) bond motifs is 1. The van der Waals surface area contributed by atoms with Crippen molar-refractivity contribution in [1.29, 1.82) is 0 Å². The van der Waals surface area contributed by atoms with Gasteiger partial charge in [0.2, 0.25) is 5.91 Å². The molecule has 2 saturated heterocycles. The fourth-order valence-corrected chi connectivity index (χ4v) is 4.06. The summed E-state index contributed by atoms with van der Waals surface area (Å²) in [6.45, 7) is 1.41. The summed E-state index contributed by atoms with van der Waals surface area (Å²) in [5.41, 5.74) is 1.78. The molecule has 6 heteroatoms. The molecular formula is C21H22FN3O2.